The highest BCUT2D eigenvalue weighted by Crippen LogP contribution is 2.23. The zero-order valence-electron chi connectivity index (χ0n) is 13.8. The fourth-order valence-electron chi connectivity index (χ4n) is 3.01. The van der Waals surface area contributed by atoms with Gasteiger partial charge in [0, 0.05) is 31.0 Å². The number of carbonyl (C=O) groups is 2. The number of thioether (sulfide) groups is 1. The molecule has 0 radical (unpaired) electrons. The number of nitrogens with one attached hydrogen (secondary N) is 1. The molecule has 1 heterocycles. The number of nitrogens with zero attached hydrogens (tertiary/aromatic N) is 1. The van der Waals surface area contributed by atoms with Crippen molar-refractivity contribution in [1.82, 2.24) is 10.2 Å². The Bertz CT molecular complexity index is 739. The number of hydrogen-bond donors (Lipinski definition) is 1. The van der Waals surface area contributed by atoms with E-state index in [1.165, 1.54) is 10.8 Å². The van der Waals surface area contributed by atoms with E-state index in [2.05, 4.69) is 35.6 Å². The van der Waals surface area contributed by atoms with Crippen molar-refractivity contribution >= 4 is 34.3 Å². The Morgan fingerprint density at radius 1 is 1.12 bits per heavy atom. The molecule has 2 aromatic carbocycles. The zero-order valence-corrected chi connectivity index (χ0v) is 14.6. The summed E-state index contributed by atoms with van der Waals surface area (Å²) in [5.74, 6) is 0.603. The molecule has 1 aliphatic rings. The fraction of sp³-hybridized carbons (Fsp3) is 0.368. The first-order valence-electron chi connectivity index (χ1n) is 8.28. The lowest BCUT2D eigenvalue weighted by atomic mass is 10.1. The second kappa shape index (κ2) is 7.71. The number of likely N-dealkylation sites (tertiary alicyclic amines) is 1. The molecular weight excluding hydrogens is 320 g/mol. The van der Waals surface area contributed by atoms with Gasteiger partial charge in [0.05, 0.1) is 5.75 Å². The summed E-state index contributed by atoms with van der Waals surface area (Å²) in [6, 6.07) is 14.7. The number of benzene rings is 2. The molecule has 1 saturated heterocycles. The number of piperidine rings is 1. The molecular formula is C19H22N2O2S. The summed E-state index contributed by atoms with van der Waals surface area (Å²) in [6.45, 7) is 3.06. The Balaban J connectivity index is 1.47. The van der Waals surface area contributed by atoms with Gasteiger partial charge in [0.25, 0.3) is 0 Å². The normalized spacial score (nSPS) is 15.5. The monoisotopic (exact) mass is 342 g/mol. The second-order valence-corrected chi connectivity index (χ2v) is 7.19. The van der Waals surface area contributed by atoms with Crippen LogP contribution in [0.2, 0.25) is 0 Å². The van der Waals surface area contributed by atoms with Crippen LogP contribution in [0.25, 0.3) is 10.8 Å². The molecule has 1 N–H and O–H groups in total. The third kappa shape index (κ3) is 4.29. The van der Waals surface area contributed by atoms with Crippen LogP contribution in [-0.2, 0) is 9.59 Å². The van der Waals surface area contributed by atoms with E-state index in [1.54, 1.807) is 18.7 Å². The van der Waals surface area contributed by atoms with E-state index < -0.39 is 0 Å². The number of carbonyl (C=O) groups excluding carboxylic acids is 2. The molecule has 126 valence electrons. The van der Waals surface area contributed by atoms with Crippen molar-refractivity contribution in [3.63, 3.8) is 0 Å². The molecule has 24 heavy (non-hydrogen) atoms. The lowest BCUT2D eigenvalue weighted by Crippen LogP contribution is -2.46. The second-order valence-electron chi connectivity index (χ2n) is 6.15. The number of amides is 2. The molecule has 0 spiro atoms. The average Bonchev–Trinajstić information content (AvgIpc) is 2.60. The molecule has 4 nitrogen and oxygen atoms in total. The average molecular weight is 342 g/mol. The van der Waals surface area contributed by atoms with Gasteiger partial charge in [0.2, 0.25) is 11.8 Å². The van der Waals surface area contributed by atoms with Crippen molar-refractivity contribution in [2.45, 2.75) is 30.7 Å². The predicted octanol–water partition coefficient (Wildman–Crippen LogP) is 3.06. The molecule has 1 fully saturated rings. The van der Waals surface area contributed by atoms with Crippen molar-refractivity contribution in [3.05, 3.63) is 42.5 Å². The van der Waals surface area contributed by atoms with Gasteiger partial charge >= 0.3 is 0 Å². The third-order valence-electron chi connectivity index (χ3n) is 4.40. The topological polar surface area (TPSA) is 49.4 Å². The standard InChI is InChI=1S/C19H22N2O2S/c1-14(22)21-10-8-17(9-11-21)20-19(23)13-24-18-7-6-15-4-2-3-5-16(15)12-18/h2-7,12,17H,8-11,13H2,1H3,(H,20,23). The van der Waals surface area contributed by atoms with Crippen LogP contribution in [0.4, 0.5) is 0 Å². The minimum Gasteiger partial charge on any atom is -0.353 e. The van der Waals surface area contributed by atoms with Gasteiger partial charge in [-0.15, -0.1) is 11.8 Å². The molecule has 0 saturated carbocycles. The molecule has 2 amide bonds. The SMILES string of the molecule is CC(=O)N1CCC(NC(=O)CSc2ccc3ccccc3c2)CC1. The molecule has 0 aliphatic carbocycles. The molecule has 0 unspecified atom stereocenters. The smallest absolute Gasteiger partial charge is 0.230 e. The Hall–Kier alpha value is -2.01. The lowest BCUT2D eigenvalue weighted by molar-refractivity contribution is -0.130. The molecule has 2 aromatic rings. The largest absolute Gasteiger partial charge is 0.353 e. The van der Waals surface area contributed by atoms with Crippen LogP contribution < -0.4 is 5.32 Å². The van der Waals surface area contributed by atoms with Gasteiger partial charge in [-0.25, -0.2) is 0 Å². The van der Waals surface area contributed by atoms with Crippen LogP contribution in [-0.4, -0.2) is 41.6 Å². The first-order chi connectivity index (χ1) is 11.6. The number of hydrogen-bond acceptors (Lipinski definition) is 3. The summed E-state index contributed by atoms with van der Waals surface area (Å²) in [5.41, 5.74) is 0. The summed E-state index contributed by atoms with van der Waals surface area (Å²) in [7, 11) is 0. The van der Waals surface area contributed by atoms with Crippen LogP contribution in [0.5, 0.6) is 0 Å². The molecule has 5 heteroatoms. The van der Waals surface area contributed by atoms with E-state index in [1.807, 2.05) is 17.0 Å². The van der Waals surface area contributed by atoms with Crippen molar-refractivity contribution in [3.8, 4) is 0 Å². The van der Waals surface area contributed by atoms with E-state index >= 15 is 0 Å². The summed E-state index contributed by atoms with van der Waals surface area (Å²) in [5, 5.41) is 5.49. The predicted molar refractivity (Wildman–Crippen MR) is 98.1 cm³/mol. The third-order valence-corrected chi connectivity index (χ3v) is 5.39. The number of rotatable bonds is 4. The van der Waals surface area contributed by atoms with Crippen LogP contribution >= 0.6 is 11.8 Å². The summed E-state index contributed by atoms with van der Waals surface area (Å²) < 4.78 is 0. The van der Waals surface area contributed by atoms with Crippen molar-refractivity contribution in [2.75, 3.05) is 18.8 Å². The summed E-state index contributed by atoms with van der Waals surface area (Å²) in [6.07, 6.45) is 1.68. The highest BCUT2D eigenvalue weighted by molar-refractivity contribution is 8.00. The van der Waals surface area contributed by atoms with Crippen LogP contribution in [0.1, 0.15) is 19.8 Å². The minimum absolute atomic E-state index is 0.0643. The van der Waals surface area contributed by atoms with Gasteiger partial charge in [0.15, 0.2) is 0 Å². The molecule has 3 rings (SSSR count). The highest BCUT2D eigenvalue weighted by atomic mass is 32.2. The van der Waals surface area contributed by atoms with Gasteiger partial charge in [-0.1, -0.05) is 30.3 Å². The first kappa shape index (κ1) is 16.8. The Labute approximate surface area is 146 Å². The maximum Gasteiger partial charge on any atom is 0.230 e. The molecule has 1 aliphatic heterocycles. The summed E-state index contributed by atoms with van der Waals surface area (Å²) in [4.78, 5) is 26.4. The maximum atomic E-state index is 12.2. The van der Waals surface area contributed by atoms with Crippen molar-refractivity contribution < 1.29 is 9.59 Å². The lowest BCUT2D eigenvalue weighted by Gasteiger charge is -2.31. The highest BCUT2D eigenvalue weighted by Gasteiger charge is 2.21. The van der Waals surface area contributed by atoms with Crippen molar-refractivity contribution in [2.24, 2.45) is 0 Å². The van der Waals surface area contributed by atoms with Gasteiger partial charge in [-0.3, -0.25) is 9.59 Å². The van der Waals surface area contributed by atoms with E-state index in [-0.39, 0.29) is 17.9 Å². The molecule has 0 atom stereocenters. The van der Waals surface area contributed by atoms with Gasteiger partial charge in [0.1, 0.15) is 0 Å². The molecule has 0 aromatic heterocycles. The van der Waals surface area contributed by atoms with E-state index in [4.69, 9.17) is 0 Å². The van der Waals surface area contributed by atoms with Crippen molar-refractivity contribution in [1.29, 1.82) is 0 Å². The quantitative estimate of drug-likeness (QED) is 0.869. The van der Waals surface area contributed by atoms with Gasteiger partial charge in [-0.05, 0) is 35.7 Å². The minimum atomic E-state index is 0.0643. The Kier molecular flexibility index (Phi) is 5.41. The summed E-state index contributed by atoms with van der Waals surface area (Å²) >= 11 is 1.56. The zero-order chi connectivity index (χ0) is 16.9. The van der Waals surface area contributed by atoms with Gasteiger partial charge < -0.3 is 10.2 Å². The van der Waals surface area contributed by atoms with E-state index in [0.29, 0.717) is 5.75 Å². The number of fused-ring (bicyclic) bond motifs is 1. The van der Waals surface area contributed by atoms with Crippen LogP contribution in [0, 0.1) is 0 Å². The van der Waals surface area contributed by atoms with Crippen LogP contribution in [0.15, 0.2) is 47.4 Å². The van der Waals surface area contributed by atoms with Crippen LogP contribution in [0.3, 0.4) is 0 Å². The first-order valence-corrected chi connectivity index (χ1v) is 9.27. The Morgan fingerprint density at radius 2 is 1.83 bits per heavy atom. The van der Waals surface area contributed by atoms with Gasteiger partial charge in [-0.2, -0.15) is 0 Å². The molecule has 0 bridgehead atoms. The van der Waals surface area contributed by atoms with E-state index in [0.717, 1.165) is 30.8 Å². The van der Waals surface area contributed by atoms with E-state index in [9.17, 15) is 9.59 Å². The maximum absolute atomic E-state index is 12.2. The fourth-order valence-corrected chi connectivity index (χ4v) is 3.77. The Morgan fingerprint density at radius 3 is 2.54 bits per heavy atom.